The normalized spacial score (nSPS) is 10.4. The fourth-order valence-electron chi connectivity index (χ4n) is 3.01. The van der Waals surface area contributed by atoms with Crippen LogP contribution in [0, 0.1) is 11.3 Å². The minimum atomic E-state index is -0.594. The van der Waals surface area contributed by atoms with Gasteiger partial charge in [0.2, 0.25) is 0 Å². The Labute approximate surface area is 156 Å². The van der Waals surface area contributed by atoms with Crippen LogP contribution in [0.25, 0.3) is 16.8 Å². The van der Waals surface area contributed by atoms with Crippen molar-refractivity contribution in [3.63, 3.8) is 0 Å². The zero-order valence-corrected chi connectivity index (χ0v) is 15.1. The molecule has 0 N–H and O–H groups in total. The van der Waals surface area contributed by atoms with Gasteiger partial charge in [-0.15, -0.1) is 0 Å². The molecule has 0 aliphatic rings. The highest BCUT2D eigenvalue weighted by molar-refractivity contribution is 6.13. The fourth-order valence-corrected chi connectivity index (χ4v) is 3.01. The first-order valence-electron chi connectivity index (χ1n) is 8.60. The maximum atomic E-state index is 12.8. The van der Waals surface area contributed by atoms with E-state index in [0.717, 1.165) is 0 Å². The van der Waals surface area contributed by atoms with Crippen molar-refractivity contribution >= 4 is 17.5 Å². The molecule has 1 aromatic carbocycles. The first-order valence-corrected chi connectivity index (χ1v) is 8.60. The van der Waals surface area contributed by atoms with Crippen LogP contribution in [0.15, 0.2) is 48.7 Å². The van der Waals surface area contributed by atoms with Crippen LogP contribution < -0.4 is 0 Å². The highest BCUT2D eigenvalue weighted by atomic mass is 16.5. The van der Waals surface area contributed by atoms with E-state index in [0.29, 0.717) is 22.3 Å². The number of hydrogen-bond donors (Lipinski definition) is 0. The van der Waals surface area contributed by atoms with Crippen molar-refractivity contribution in [3.8, 4) is 17.3 Å². The topological polar surface area (TPSA) is 80.8 Å². The highest BCUT2D eigenvalue weighted by Crippen LogP contribution is 2.33. The Morgan fingerprint density at radius 3 is 2.19 bits per heavy atom. The molecule has 0 spiro atoms. The van der Waals surface area contributed by atoms with Crippen molar-refractivity contribution < 1.29 is 19.1 Å². The summed E-state index contributed by atoms with van der Waals surface area (Å²) >= 11 is 0. The lowest BCUT2D eigenvalue weighted by atomic mass is 10.0. The Morgan fingerprint density at radius 2 is 1.59 bits per heavy atom. The molecule has 136 valence electrons. The number of ether oxygens (including phenoxy) is 2. The van der Waals surface area contributed by atoms with E-state index < -0.39 is 11.9 Å². The average molecular weight is 362 g/mol. The van der Waals surface area contributed by atoms with Gasteiger partial charge < -0.3 is 13.9 Å². The average Bonchev–Trinajstić information content (AvgIpc) is 3.04. The van der Waals surface area contributed by atoms with Crippen LogP contribution in [0.4, 0.5) is 0 Å². The molecule has 0 radical (unpaired) electrons. The zero-order chi connectivity index (χ0) is 19.4. The summed E-state index contributed by atoms with van der Waals surface area (Å²) in [5.41, 5.74) is 2.60. The van der Waals surface area contributed by atoms with Gasteiger partial charge >= 0.3 is 11.9 Å². The van der Waals surface area contributed by atoms with Crippen LogP contribution in [0.3, 0.4) is 0 Å². The maximum absolute atomic E-state index is 12.8. The number of carbonyl (C=O) groups is 2. The molecule has 0 atom stereocenters. The first-order chi connectivity index (χ1) is 13.1. The van der Waals surface area contributed by atoms with Crippen LogP contribution in [0.5, 0.6) is 0 Å². The van der Waals surface area contributed by atoms with Crippen molar-refractivity contribution in [3.05, 3.63) is 65.4 Å². The number of pyridine rings is 1. The van der Waals surface area contributed by atoms with Gasteiger partial charge in [-0.2, -0.15) is 5.26 Å². The molecule has 0 unspecified atom stereocenters. The lowest BCUT2D eigenvalue weighted by Crippen LogP contribution is -2.13. The molecule has 2 aromatic heterocycles. The summed E-state index contributed by atoms with van der Waals surface area (Å²) < 4.78 is 12.2. The Morgan fingerprint density at radius 1 is 0.963 bits per heavy atom. The predicted octanol–water partition coefficient (Wildman–Crippen LogP) is 3.83. The molecule has 0 amide bonds. The predicted molar refractivity (Wildman–Crippen MR) is 99.5 cm³/mol. The molecule has 0 aliphatic carbocycles. The Balaban J connectivity index is 2.36. The van der Waals surface area contributed by atoms with Gasteiger partial charge in [-0.25, -0.2) is 9.59 Å². The van der Waals surface area contributed by atoms with E-state index in [1.165, 1.54) is 0 Å². The molecule has 27 heavy (non-hydrogen) atoms. The van der Waals surface area contributed by atoms with Gasteiger partial charge in [0, 0.05) is 6.20 Å². The Kier molecular flexibility index (Phi) is 5.23. The van der Waals surface area contributed by atoms with Gasteiger partial charge in [0.1, 0.15) is 11.1 Å². The lowest BCUT2D eigenvalue weighted by Gasteiger charge is -2.08. The van der Waals surface area contributed by atoms with E-state index in [1.54, 1.807) is 60.8 Å². The Bertz CT molecular complexity index is 1040. The second-order valence-corrected chi connectivity index (χ2v) is 5.68. The summed E-state index contributed by atoms with van der Waals surface area (Å²) in [6.07, 6.45) is 1.77. The molecular formula is C21H18N2O4. The van der Waals surface area contributed by atoms with Gasteiger partial charge in [-0.1, -0.05) is 18.2 Å². The lowest BCUT2D eigenvalue weighted by molar-refractivity contribution is 0.0482. The molecule has 3 aromatic rings. The van der Waals surface area contributed by atoms with Crippen molar-refractivity contribution in [1.29, 1.82) is 5.26 Å². The zero-order valence-electron chi connectivity index (χ0n) is 15.1. The summed E-state index contributed by atoms with van der Waals surface area (Å²) in [5.74, 6) is -1.17. The summed E-state index contributed by atoms with van der Waals surface area (Å²) in [7, 11) is 0. The summed E-state index contributed by atoms with van der Waals surface area (Å²) in [6, 6.07) is 14.2. The number of benzene rings is 1. The third-order valence-corrected chi connectivity index (χ3v) is 4.09. The van der Waals surface area contributed by atoms with Crippen LogP contribution in [0.1, 0.15) is 40.1 Å². The van der Waals surface area contributed by atoms with E-state index in [-0.39, 0.29) is 24.3 Å². The molecule has 0 saturated carbocycles. The third kappa shape index (κ3) is 3.27. The largest absolute Gasteiger partial charge is 0.462 e. The van der Waals surface area contributed by atoms with Crippen LogP contribution in [0.2, 0.25) is 0 Å². The van der Waals surface area contributed by atoms with Crippen molar-refractivity contribution in [2.24, 2.45) is 0 Å². The molecule has 3 rings (SSSR count). The number of carbonyl (C=O) groups excluding carboxylic acids is 2. The number of aromatic nitrogens is 1. The summed E-state index contributed by atoms with van der Waals surface area (Å²) in [5, 5.41) is 9.03. The number of nitrogens with zero attached hydrogens (tertiary/aromatic N) is 2. The van der Waals surface area contributed by atoms with E-state index in [2.05, 4.69) is 6.07 Å². The minimum absolute atomic E-state index is 0.159. The first kappa shape index (κ1) is 18.2. The highest BCUT2D eigenvalue weighted by Gasteiger charge is 2.30. The van der Waals surface area contributed by atoms with E-state index in [1.807, 2.05) is 6.07 Å². The number of rotatable bonds is 5. The molecule has 6 heteroatoms. The Hall–Kier alpha value is -3.59. The summed E-state index contributed by atoms with van der Waals surface area (Å²) in [4.78, 5) is 25.4. The standard InChI is InChI=1S/C21H18N2O4/c1-3-26-20(24)17-16-7-5-6-12-23(16)19(18(17)21(25)27-4-2)15-10-8-14(13-22)9-11-15/h5-12H,3-4H2,1-2H3. The SMILES string of the molecule is CCOC(=O)c1c(C(=O)OCC)c2ccccn2c1-c1ccc(C#N)cc1. The van der Waals surface area contributed by atoms with E-state index in [9.17, 15) is 9.59 Å². The number of nitriles is 1. The van der Waals surface area contributed by atoms with Gasteiger partial charge in [0.15, 0.2) is 0 Å². The molecule has 0 saturated heterocycles. The third-order valence-electron chi connectivity index (χ3n) is 4.09. The van der Waals surface area contributed by atoms with Gasteiger partial charge in [-0.3, -0.25) is 0 Å². The quantitative estimate of drug-likeness (QED) is 0.644. The maximum Gasteiger partial charge on any atom is 0.341 e. The fraction of sp³-hybridized carbons (Fsp3) is 0.190. The molecule has 0 aliphatic heterocycles. The molecule has 0 fully saturated rings. The van der Waals surface area contributed by atoms with Gasteiger partial charge in [-0.05, 0) is 43.7 Å². The molecular weight excluding hydrogens is 344 g/mol. The van der Waals surface area contributed by atoms with Crippen LogP contribution >= 0.6 is 0 Å². The van der Waals surface area contributed by atoms with Crippen LogP contribution in [-0.4, -0.2) is 29.6 Å². The van der Waals surface area contributed by atoms with Crippen LogP contribution in [-0.2, 0) is 9.47 Å². The molecule has 0 bridgehead atoms. The van der Waals surface area contributed by atoms with Gasteiger partial charge in [0.25, 0.3) is 0 Å². The van der Waals surface area contributed by atoms with Crippen molar-refractivity contribution in [1.82, 2.24) is 4.40 Å². The summed E-state index contributed by atoms with van der Waals surface area (Å²) in [6.45, 7) is 3.79. The van der Waals surface area contributed by atoms with Crippen molar-refractivity contribution in [2.75, 3.05) is 13.2 Å². The monoisotopic (exact) mass is 362 g/mol. The second kappa shape index (κ2) is 7.75. The van der Waals surface area contributed by atoms with E-state index in [4.69, 9.17) is 14.7 Å². The number of esters is 2. The van der Waals surface area contributed by atoms with Crippen molar-refractivity contribution in [2.45, 2.75) is 13.8 Å². The van der Waals surface area contributed by atoms with E-state index >= 15 is 0 Å². The second-order valence-electron chi connectivity index (χ2n) is 5.68. The number of hydrogen-bond acceptors (Lipinski definition) is 5. The molecule has 6 nitrogen and oxygen atoms in total. The number of fused-ring (bicyclic) bond motifs is 1. The van der Waals surface area contributed by atoms with Gasteiger partial charge in [0.05, 0.1) is 36.1 Å². The smallest absolute Gasteiger partial charge is 0.341 e. The molecule has 2 heterocycles. The minimum Gasteiger partial charge on any atom is -0.462 e.